The van der Waals surface area contributed by atoms with Gasteiger partial charge in [-0.2, -0.15) is 0 Å². The van der Waals surface area contributed by atoms with E-state index in [1.54, 1.807) is 7.11 Å². The highest BCUT2D eigenvalue weighted by molar-refractivity contribution is 7.13. The highest BCUT2D eigenvalue weighted by Gasteiger charge is 2.14. The first kappa shape index (κ1) is 16.2. The molecule has 24 heavy (non-hydrogen) atoms. The fourth-order valence-corrected chi connectivity index (χ4v) is 3.12. The third-order valence-electron chi connectivity index (χ3n) is 3.47. The summed E-state index contributed by atoms with van der Waals surface area (Å²) in [5.74, 6) is 1.28. The molecular weight excluding hydrogens is 326 g/mol. The van der Waals surface area contributed by atoms with Crippen molar-refractivity contribution >= 4 is 17.2 Å². The van der Waals surface area contributed by atoms with Gasteiger partial charge in [-0.25, -0.2) is 4.98 Å². The third kappa shape index (κ3) is 3.46. The molecule has 1 aromatic carbocycles. The van der Waals surface area contributed by atoms with Crippen molar-refractivity contribution in [3.05, 3.63) is 51.6 Å². The summed E-state index contributed by atoms with van der Waals surface area (Å²) in [5.41, 5.74) is 2.30. The summed E-state index contributed by atoms with van der Waals surface area (Å²) < 4.78 is 10.5. The second-order valence-corrected chi connectivity index (χ2v) is 6.44. The standard InChI is InChI=1S/C17H17N3O3S/c1-10-16(24-11(2)19-10)17(21)18-9-13-8-15(23-20-13)12-4-6-14(22-3)7-5-12/h4-8H,9H2,1-3H3,(H,18,21). The number of aryl methyl sites for hydroxylation is 2. The van der Waals surface area contributed by atoms with E-state index in [2.05, 4.69) is 15.5 Å². The maximum absolute atomic E-state index is 12.2. The Bertz CT molecular complexity index is 852. The summed E-state index contributed by atoms with van der Waals surface area (Å²) >= 11 is 1.38. The first-order chi connectivity index (χ1) is 11.6. The van der Waals surface area contributed by atoms with Crippen molar-refractivity contribution in [1.82, 2.24) is 15.5 Å². The fraction of sp³-hybridized carbons (Fsp3) is 0.235. The minimum absolute atomic E-state index is 0.146. The van der Waals surface area contributed by atoms with Gasteiger partial charge in [-0.1, -0.05) is 5.16 Å². The van der Waals surface area contributed by atoms with Crippen LogP contribution >= 0.6 is 11.3 Å². The minimum atomic E-state index is -0.146. The molecule has 7 heteroatoms. The molecule has 0 radical (unpaired) electrons. The molecule has 0 fully saturated rings. The number of carbonyl (C=O) groups is 1. The summed E-state index contributed by atoms with van der Waals surface area (Å²) in [6, 6.07) is 9.31. The van der Waals surface area contributed by atoms with Crippen molar-refractivity contribution in [2.45, 2.75) is 20.4 Å². The largest absolute Gasteiger partial charge is 0.497 e. The van der Waals surface area contributed by atoms with Gasteiger partial charge < -0.3 is 14.6 Å². The molecule has 1 amide bonds. The van der Waals surface area contributed by atoms with Crippen molar-refractivity contribution in [2.24, 2.45) is 0 Å². The van der Waals surface area contributed by atoms with E-state index >= 15 is 0 Å². The van der Waals surface area contributed by atoms with Crippen LogP contribution in [0.15, 0.2) is 34.9 Å². The Kier molecular flexibility index (Phi) is 4.61. The molecule has 2 heterocycles. The number of nitrogens with zero attached hydrogens (tertiary/aromatic N) is 2. The van der Waals surface area contributed by atoms with Crippen molar-refractivity contribution in [1.29, 1.82) is 0 Å². The average molecular weight is 343 g/mol. The number of nitrogens with one attached hydrogen (secondary N) is 1. The molecule has 0 spiro atoms. The quantitative estimate of drug-likeness (QED) is 0.769. The molecule has 0 aliphatic rings. The molecule has 124 valence electrons. The first-order valence-electron chi connectivity index (χ1n) is 7.39. The van der Waals surface area contributed by atoms with Crippen LogP contribution in [0.5, 0.6) is 5.75 Å². The smallest absolute Gasteiger partial charge is 0.263 e. The molecule has 0 aliphatic carbocycles. The second kappa shape index (κ2) is 6.84. The van der Waals surface area contributed by atoms with Crippen LogP contribution in [0.1, 0.15) is 26.1 Å². The monoisotopic (exact) mass is 343 g/mol. The van der Waals surface area contributed by atoms with E-state index < -0.39 is 0 Å². The minimum Gasteiger partial charge on any atom is -0.497 e. The van der Waals surface area contributed by atoms with E-state index in [0.717, 1.165) is 22.0 Å². The van der Waals surface area contributed by atoms with Gasteiger partial charge in [0.1, 0.15) is 16.3 Å². The Morgan fingerprint density at radius 1 is 1.29 bits per heavy atom. The lowest BCUT2D eigenvalue weighted by atomic mass is 10.1. The van der Waals surface area contributed by atoms with Crippen LogP contribution < -0.4 is 10.1 Å². The Labute approximate surface area is 143 Å². The number of amides is 1. The predicted octanol–water partition coefficient (Wildman–Crippen LogP) is 3.35. The highest BCUT2D eigenvalue weighted by atomic mass is 32.1. The molecular formula is C17H17N3O3S. The van der Waals surface area contributed by atoms with Gasteiger partial charge in [0.15, 0.2) is 5.76 Å². The molecule has 0 aliphatic heterocycles. The van der Waals surface area contributed by atoms with E-state index in [0.29, 0.717) is 22.9 Å². The number of thiazole rings is 1. The predicted molar refractivity (Wildman–Crippen MR) is 91.2 cm³/mol. The van der Waals surface area contributed by atoms with Crippen LogP contribution in [0.2, 0.25) is 0 Å². The van der Waals surface area contributed by atoms with Crippen LogP contribution in [-0.2, 0) is 6.54 Å². The molecule has 6 nitrogen and oxygen atoms in total. The zero-order valence-electron chi connectivity index (χ0n) is 13.6. The normalized spacial score (nSPS) is 10.6. The molecule has 0 bridgehead atoms. The Balaban J connectivity index is 1.65. The van der Waals surface area contributed by atoms with E-state index in [4.69, 9.17) is 9.26 Å². The van der Waals surface area contributed by atoms with Crippen LogP contribution in [0.4, 0.5) is 0 Å². The number of hydrogen-bond donors (Lipinski definition) is 1. The van der Waals surface area contributed by atoms with E-state index in [1.807, 2.05) is 44.2 Å². The van der Waals surface area contributed by atoms with Gasteiger partial charge in [-0.05, 0) is 38.1 Å². The second-order valence-electron chi connectivity index (χ2n) is 5.24. The number of benzene rings is 1. The number of ether oxygens (including phenoxy) is 1. The summed E-state index contributed by atoms with van der Waals surface area (Å²) in [5, 5.41) is 7.71. The lowest BCUT2D eigenvalue weighted by Crippen LogP contribution is -2.22. The zero-order chi connectivity index (χ0) is 17.1. The zero-order valence-corrected chi connectivity index (χ0v) is 14.4. The fourth-order valence-electron chi connectivity index (χ4n) is 2.28. The first-order valence-corrected chi connectivity index (χ1v) is 8.20. The van der Waals surface area contributed by atoms with Crippen molar-refractivity contribution in [3.63, 3.8) is 0 Å². The maximum Gasteiger partial charge on any atom is 0.263 e. The molecule has 0 saturated heterocycles. The summed E-state index contributed by atoms with van der Waals surface area (Å²) in [4.78, 5) is 17.1. The lowest BCUT2D eigenvalue weighted by molar-refractivity contribution is 0.0953. The van der Waals surface area contributed by atoms with Crippen molar-refractivity contribution in [3.8, 4) is 17.1 Å². The van der Waals surface area contributed by atoms with E-state index in [-0.39, 0.29) is 5.91 Å². The molecule has 3 aromatic rings. The Morgan fingerprint density at radius 2 is 2.04 bits per heavy atom. The van der Waals surface area contributed by atoms with Gasteiger partial charge in [0, 0.05) is 11.6 Å². The van der Waals surface area contributed by atoms with Crippen LogP contribution in [-0.4, -0.2) is 23.2 Å². The molecule has 0 saturated carbocycles. The number of aromatic nitrogens is 2. The van der Waals surface area contributed by atoms with Gasteiger partial charge in [0.05, 0.1) is 24.4 Å². The van der Waals surface area contributed by atoms with Gasteiger partial charge in [-0.3, -0.25) is 4.79 Å². The van der Waals surface area contributed by atoms with Crippen LogP contribution in [0.3, 0.4) is 0 Å². The lowest BCUT2D eigenvalue weighted by Gasteiger charge is -2.00. The summed E-state index contributed by atoms with van der Waals surface area (Å²) in [7, 11) is 1.62. The third-order valence-corrected chi connectivity index (χ3v) is 4.54. The van der Waals surface area contributed by atoms with Gasteiger partial charge in [0.2, 0.25) is 0 Å². The SMILES string of the molecule is COc1ccc(-c2cc(CNC(=O)c3sc(C)nc3C)no2)cc1. The summed E-state index contributed by atoms with van der Waals surface area (Å²) in [6.45, 7) is 4.01. The topological polar surface area (TPSA) is 77.2 Å². The number of carbonyl (C=O) groups excluding carboxylic acids is 1. The van der Waals surface area contributed by atoms with Crippen molar-refractivity contribution < 1.29 is 14.1 Å². The number of methoxy groups -OCH3 is 1. The van der Waals surface area contributed by atoms with Gasteiger partial charge >= 0.3 is 0 Å². The maximum atomic E-state index is 12.2. The van der Waals surface area contributed by atoms with Gasteiger partial charge in [-0.15, -0.1) is 11.3 Å². The highest BCUT2D eigenvalue weighted by Crippen LogP contribution is 2.23. The number of rotatable bonds is 5. The molecule has 0 unspecified atom stereocenters. The molecule has 1 N–H and O–H groups in total. The summed E-state index contributed by atoms with van der Waals surface area (Å²) in [6.07, 6.45) is 0. The Hall–Kier alpha value is -2.67. The van der Waals surface area contributed by atoms with Gasteiger partial charge in [0.25, 0.3) is 5.91 Å². The average Bonchev–Trinajstić information content (AvgIpc) is 3.19. The van der Waals surface area contributed by atoms with Crippen molar-refractivity contribution in [2.75, 3.05) is 7.11 Å². The van der Waals surface area contributed by atoms with E-state index in [9.17, 15) is 4.79 Å². The number of hydrogen-bond acceptors (Lipinski definition) is 6. The molecule has 3 rings (SSSR count). The Morgan fingerprint density at radius 3 is 2.67 bits per heavy atom. The van der Waals surface area contributed by atoms with Crippen LogP contribution in [0.25, 0.3) is 11.3 Å². The van der Waals surface area contributed by atoms with E-state index in [1.165, 1.54) is 11.3 Å². The molecule has 2 aromatic heterocycles. The van der Waals surface area contributed by atoms with Crippen LogP contribution in [0, 0.1) is 13.8 Å². The molecule has 0 atom stereocenters.